The van der Waals surface area contributed by atoms with Gasteiger partial charge in [0.05, 0.1) is 7.11 Å². The lowest BCUT2D eigenvalue weighted by Gasteiger charge is -2.31. The van der Waals surface area contributed by atoms with Gasteiger partial charge in [0.2, 0.25) is 5.91 Å². The summed E-state index contributed by atoms with van der Waals surface area (Å²) in [6, 6.07) is 6.15. The molecule has 1 amide bonds. The minimum atomic E-state index is 0.296. The van der Waals surface area contributed by atoms with E-state index in [-0.39, 0.29) is 0 Å². The summed E-state index contributed by atoms with van der Waals surface area (Å²) in [5.74, 6) is 1.85. The average Bonchev–Trinajstić information content (AvgIpc) is 2.45. The third-order valence-corrected chi connectivity index (χ3v) is 4.10. The Morgan fingerprint density at radius 2 is 2.25 bits per heavy atom. The molecular weight excluding hydrogens is 250 g/mol. The summed E-state index contributed by atoms with van der Waals surface area (Å²) in [6.07, 6.45) is 3.82. The van der Waals surface area contributed by atoms with Crippen molar-refractivity contribution in [3.8, 4) is 5.75 Å². The summed E-state index contributed by atoms with van der Waals surface area (Å²) < 4.78 is 5.26. The third kappa shape index (κ3) is 3.75. The number of likely N-dealkylation sites (tertiary alicyclic amines) is 1. The van der Waals surface area contributed by atoms with Crippen LogP contribution in [0.4, 0.5) is 0 Å². The Bertz CT molecular complexity index is 470. The smallest absolute Gasteiger partial charge is 0.222 e. The summed E-state index contributed by atoms with van der Waals surface area (Å²) in [5.41, 5.74) is 2.34. The first-order chi connectivity index (χ1) is 9.60. The van der Waals surface area contributed by atoms with Gasteiger partial charge in [0, 0.05) is 19.5 Å². The molecule has 0 saturated carbocycles. The average molecular weight is 275 g/mol. The van der Waals surface area contributed by atoms with Crippen LogP contribution in [-0.2, 0) is 11.2 Å². The second-order valence-electron chi connectivity index (χ2n) is 5.89. The highest BCUT2D eigenvalue weighted by molar-refractivity contribution is 5.76. The Morgan fingerprint density at radius 1 is 1.45 bits per heavy atom. The van der Waals surface area contributed by atoms with Crippen LogP contribution in [0.5, 0.6) is 5.75 Å². The molecule has 0 bridgehead atoms. The molecule has 110 valence electrons. The molecule has 1 heterocycles. The van der Waals surface area contributed by atoms with Crippen molar-refractivity contribution in [2.45, 2.75) is 39.5 Å². The molecular formula is C17H25NO2. The van der Waals surface area contributed by atoms with Crippen molar-refractivity contribution < 1.29 is 9.53 Å². The van der Waals surface area contributed by atoms with E-state index in [2.05, 4.69) is 19.1 Å². The number of amides is 1. The van der Waals surface area contributed by atoms with Crippen molar-refractivity contribution in [2.75, 3.05) is 20.2 Å². The summed E-state index contributed by atoms with van der Waals surface area (Å²) in [7, 11) is 1.68. The Labute approximate surface area is 121 Å². The van der Waals surface area contributed by atoms with Crippen molar-refractivity contribution in [1.82, 2.24) is 4.90 Å². The lowest BCUT2D eigenvalue weighted by atomic mass is 9.99. The molecule has 3 heteroatoms. The first-order valence-corrected chi connectivity index (χ1v) is 7.51. The number of benzene rings is 1. The highest BCUT2D eigenvalue weighted by Crippen LogP contribution is 2.20. The van der Waals surface area contributed by atoms with Crippen molar-refractivity contribution in [3.05, 3.63) is 29.3 Å². The lowest BCUT2D eigenvalue weighted by molar-refractivity contribution is -0.132. The van der Waals surface area contributed by atoms with E-state index < -0.39 is 0 Å². The van der Waals surface area contributed by atoms with Crippen LogP contribution in [0.3, 0.4) is 0 Å². The van der Waals surface area contributed by atoms with Gasteiger partial charge in [-0.15, -0.1) is 0 Å². The molecule has 1 atom stereocenters. The number of rotatable bonds is 4. The first kappa shape index (κ1) is 14.9. The van der Waals surface area contributed by atoms with Gasteiger partial charge in [-0.1, -0.05) is 19.1 Å². The van der Waals surface area contributed by atoms with Crippen molar-refractivity contribution >= 4 is 5.91 Å². The van der Waals surface area contributed by atoms with Gasteiger partial charge in [-0.3, -0.25) is 4.79 Å². The molecule has 3 nitrogen and oxygen atoms in total. The number of piperidine rings is 1. The van der Waals surface area contributed by atoms with E-state index in [1.54, 1.807) is 7.11 Å². The number of hydrogen-bond donors (Lipinski definition) is 0. The van der Waals surface area contributed by atoms with Gasteiger partial charge >= 0.3 is 0 Å². The van der Waals surface area contributed by atoms with Crippen molar-refractivity contribution in [3.63, 3.8) is 0 Å². The van der Waals surface area contributed by atoms with Gasteiger partial charge in [-0.2, -0.15) is 0 Å². The van der Waals surface area contributed by atoms with Crippen LogP contribution < -0.4 is 4.74 Å². The zero-order valence-corrected chi connectivity index (χ0v) is 12.8. The molecule has 0 N–H and O–H groups in total. The summed E-state index contributed by atoms with van der Waals surface area (Å²) >= 11 is 0. The lowest BCUT2D eigenvalue weighted by Crippen LogP contribution is -2.39. The second-order valence-corrected chi connectivity index (χ2v) is 5.89. The molecule has 0 aromatic heterocycles. The fourth-order valence-corrected chi connectivity index (χ4v) is 2.92. The van der Waals surface area contributed by atoms with Gasteiger partial charge in [0.25, 0.3) is 0 Å². The van der Waals surface area contributed by atoms with Crippen LogP contribution in [0.2, 0.25) is 0 Å². The van der Waals surface area contributed by atoms with Crippen LogP contribution in [0.25, 0.3) is 0 Å². The Balaban J connectivity index is 1.88. The maximum absolute atomic E-state index is 12.2. The van der Waals surface area contributed by atoms with Gasteiger partial charge in [0.15, 0.2) is 0 Å². The Hall–Kier alpha value is -1.51. The zero-order chi connectivity index (χ0) is 14.5. The maximum atomic E-state index is 12.2. The standard InChI is InChI=1S/C17H25NO2/c1-13-5-4-10-18(12-13)17(19)9-7-15-6-8-16(20-3)14(2)11-15/h6,8,11,13H,4-5,7,9-10,12H2,1-3H3/t13-/m1/s1. The molecule has 1 aliphatic rings. The molecule has 2 rings (SSSR count). The molecule has 0 spiro atoms. The van der Waals surface area contributed by atoms with Gasteiger partial charge in [-0.05, 0) is 49.3 Å². The number of ether oxygens (including phenoxy) is 1. The quantitative estimate of drug-likeness (QED) is 0.844. The highest BCUT2D eigenvalue weighted by atomic mass is 16.5. The van der Waals surface area contributed by atoms with E-state index in [4.69, 9.17) is 4.74 Å². The van der Waals surface area contributed by atoms with E-state index in [1.807, 2.05) is 17.9 Å². The minimum Gasteiger partial charge on any atom is -0.496 e. The first-order valence-electron chi connectivity index (χ1n) is 7.51. The molecule has 1 aliphatic heterocycles. The molecule has 0 radical (unpaired) electrons. The molecule has 0 unspecified atom stereocenters. The number of hydrogen-bond acceptors (Lipinski definition) is 2. The fourth-order valence-electron chi connectivity index (χ4n) is 2.92. The van der Waals surface area contributed by atoms with E-state index >= 15 is 0 Å². The zero-order valence-electron chi connectivity index (χ0n) is 12.8. The summed E-state index contributed by atoms with van der Waals surface area (Å²) in [6.45, 7) is 6.13. The van der Waals surface area contributed by atoms with Crippen LogP contribution in [-0.4, -0.2) is 31.0 Å². The van der Waals surface area contributed by atoms with Crippen LogP contribution in [0, 0.1) is 12.8 Å². The second kappa shape index (κ2) is 6.78. The van der Waals surface area contributed by atoms with E-state index in [1.165, 1.54) is 12.0 Å². The minimum absolute atomic E-state index is 0.296. The highest BCUT2D eigenvalue weighted by Gasteiger charge is 2.20. The predicted octanol–water partition coefficient (Wildman–Crippen LogP) is 3.19. The third-order valence-electron chi connectivity index (χ3n) is 4.10. The van der Waals surface area contributed by atoms with Gasteiger partial charge < -0.3 is 9.64 Å². The molecule has 0 aliphatic carbocycles. The van der Waals surface area contributed by atoms with Crippen LogP contribution >= 0.6 is 0 Å². The number of carbonyl (C=O) groups is 1. The fraction of sp³-hybridized carbons (Fsp3) is 0.588. The number of methoxy groups -OCH3 is 1. The Morgan fingerprint density at radius 3 is 2.90 bits per heavy atom. The van der Waals surface area contributed by atoms with Gasteiger partial charge in [-0.25, -0.2) is 0 Å². The molecule has 1 saturated heterocycles. The SMILES string of the molecule is COc1ccc(CCC(=O)N2CCC[C@@H](C)C2)cc1C. The van der Waals surface area contributed by atoms with E-state index in [0.717, 1.165) is 37.2 Å². The normalized spacial score (nSPS) is 18.9. The van der Waals surface area contributed by atoms with Crippen molar-refractivity contribution in [2.24, 2.45) is 5.92 Å². The number of aryl methyl sites for hydroxylation is 2. The molecule has 20 heavy (non-hydrogen) atoms. The molecule has 1 fully saturated rings. The summed E-state index contributed by atoms with van der Waals surface area (Å²) in [4.78, 5) is 14.3. The number of nitrogens with zero attached hydrogens (tertiary/aromatic N) is 1. The van der Waals surface area contributed by atoms with E-state index in [0.29, 0.717) is 18.2 Å². The predicted molar refractivity (Wildman–Crippen MR) is 81.0 cm³/mol. The van der Waals surface area contributed by atoms with Crippen molar-refractivity contribution in [1.29, 1.82) is 0 Å². The molecule has 1 aromatic rings. The topological polar surface area (TPSA) is 29.5 Å². The molecule has 1 aromatic carbocycles. The number of carbonyl (C=O) groups excluding carboxylic acids is 1. The largest absolute Gasteiger partial charge is 0.496 e. The monoisotopic (exact) mass is 275 g/mol. The van der Waals surface area contributed by atoms with Crippen LogP contribution in [0.15, 0.2) is 18.2 Å². The van der Waals surface area contributed by atoms with E-state index in [9.17, 15) is 4.79 Å². The van der Waals surface area contributed by atoms with Gasteiger partial charge in [0.1, 0.15) is 5.75 Å². The summed E-state index contributed by atoms with van der Waals surface area (Å²) in [5, 5.41) is 0. The maximum Gasteiger partial charge on any atom is 0.222 e. The van der Waals surface area contributed by atoms with Crippen LogP contribution in [0.1, 0.15) is 37.3 Å². The Kier molecular flexibility index (Phi) is 5.05.